The molecular formula is C15H16FN3O2. The molecule has 0 saturated heterocycles. The predicted molar refractivity (Wildman–Crippen MR) is 78.8 cm³/mol. The van der Waals surface area contributed by atoms with Gasteiger partial charge in [-0.25, -0.2) is 4.39 Å². The number of aromatic nitrogens is 1. The second-order valence-corrected chi connectivity index (χ2v) is 5.01. The third kappa shape index (κ3) is 3.34. The number of aryl methyl sites for hydroxylation is 2. The summed E-state index contributed by atoms with van der Waals surface area (Å²) in [4.78, 5) is 14.4. The van der Waals surface area contributed by atoms with Crippen LogP contribution in [0.3, 0.4) is 0 Å². The topological polar surface area (TPSA) is 68.1 Å². The van der Waals surface area contributed by atoms with Crippen LogP contribution in [-0.4, -0.2) is 9.91 Å². The average molecular weight is 289 g/mol. The molecule has 1 aromatic carbocycles. The van der Waals surface area contributed by atoms with Gasteiger partial charge in [-0.2, -0.15) is 0 Å². The van der Waals surface area contributed by atoms with Crippen molar-refractivity contribution in [1.29, 1.82) is 0 Å². The molecule has 0 aliphatic heterocycles. The molecule has 2 aromatic rings. The van der Waals surface area contributed by atoms with Gasteiger partial charge in [0.1, 0.15) is 5.82 Å². The van der Waals surface area contributed by atoms with Crippen LogP contribution in [0.25, 0.3) is 0 Å². The van der Waals surface area contributed by atoms with E-state index in [1.807, 2.05) is 13.8 Å². The molecule has 0 saturated carbocycles. The summed E-state index contributed by atoms with van der Waals surface area (Å²) >= 11 is 0. The number of benzene rings is 1. The minimum absolute atomic E-state index is 0.0627. The van der Waals surface area contributed by atoms with E-state index in [-0.39, 0.29) is 11.7 Å². The smallest absolute Gasteiger partial charge is 0.274 e. The SMILES string of the molecule is Cc1cc(C)c([N+](=O)[O-])cc1NC(C)c1cncc(F)c1. The van der Waals surface area contributed by atoms with Crippen LogP contribution in [0.2, 0.25) is 0 Å². The van der Waals surface area contributed by atoms with Gasteiger partial charge < -0.3 is 5.32 Å². The van der Waals surface area contributed by atoms with Crippen molar-refractivity contribution in [1.82, 2.24) is 4.98 Å². The maximum atomic E-state index is 13.2. The highest BCUT2D eigenvalue weighted by atomic mass is 19.1. The van der Waals surface area contributed by atoms with Crippen LogP contribution < -0.4 is 5.32 Å². The lowest BCUT2D eigenvalue weighted by molar-refractivity contribution is -0.385. The van der Waals surface area contributed by atoms with Gasteiger partial charge in [-0.1, -0.05) is 0 Å². The Morgan fingerprint density at radius 3 is 2.57 bits per heavy atom. The zero-order valence-corrected chi connectivity index (χ0v) is 12.1. The second kappa shape index (κ2) is 5.87. The first kappa shape index (κ1) is 14.9. The largest absolute Gasteiger partial charge is 0.378 e. The number of halogens is 1. The van der Waals surface area contributed by atoms with E-state index in [1.165, 1.54) is 12.1 Å². The quantitative estimate of drug-likeness (QED) is 0.684. The Hall–Kier alpha value is -2.50. The molecule has 1 atom stereocenters. The number of nitro benzene ring substituents is 1. The zero-order valence-electron chi connectivity index (χ0n) is 12.1. The molecule has 1 heterocycles. The highest BCUT2D eigenvalue weighted by Gasteiger charge is 2.15. The Morgan fingerprint density at radius 1 is 1.24 bits per heavy atom. The molecular weight excluding hydrogens is 273 g/mol. The third-order valence-corrected chi connectivity index (χ3v) is 3.34. The molecule has 1 unspecified atom stereocenters. The van der Waals surface area contributed by atoms with Crippen molar-refractivity contribution in [2.75, 3.05) is 5.32 Å². The van der Waals surface area contributed by atoms with Crippen LogP contribution in [0.4, 0.5) is 15.8 Å². The highest BCUT2D eigenvalue weighted by molar-refractivity contribution is 5.60. The van der Waals surface area contributed by atoms with E-state index in [0.717, 1.165) is 11.8 Å². The van der Waals surface area contributed by atoms with Crippen molar-refractivity contribution in [3.8, 4) is 0 Å². The first-order chi connectivity index (χ1) is 9.88. The van der Waals surface area contributed by atoms with Crippen LogP contribution >= 0.6 is 0 Å². The number of hydrogen-bond donors (Lipinski definition) is 1. The van der Waals surface area contributed by atoms with Gasteiger partial charge in [-0.3, -0.25) is 15.1 Å². The fraction of sp³-hybridized carbons (Fsp3) is 0.267. The van der Waals surface area contributed by atoms with Crippen LogP contribution in [0.5, 0.6) is 0 Å². The lowest BCUT2D eigenvalue weighted by Gasteiger charge is -2.17. The molecule has 2 rings (SSSR count). The monoisotopic (exact) mass is 289 g/mol. The van der Waals surface area contributed by atoms with Gasteiger partial charge in [0, 0.05) is 23.5 Å². The number of nitrogens with zero attached hydrogens (tertiary/aromatic N) is 2. The molecule has 0 aliphatic carbocycles. The van der Waals surface area contributed by atoms with Crippen molar-refractivity contribution >= 4 is 11.4 Å². The van der Waals surface area contributed by atoms with E-state index in [9.17, 15) is 14.5 Å². The minimum atomic E-state index is -0.409. The van der Waals surface area contributed by atoms with Crippen LogP contribution in [0.15, 0.2) is 30.6 Å². The molecule has 0 fully saturated rings. The molecule has 1 aromatic heterocycles. The Labute approximate surface area is 122 Å². The molecule has 21 heavy (non-hydrogen) atoms. The lowest BCUT2D eigenvalue weighted by atomic mass is 10.1. The maximum Gasteiger partial charge on any atom is 0.274 e. The summed E-state index contributed by atoms with van der Waals surface area (Å²) in [5.41, 5.74) is 2.91. The molecule has 0 amide bonds. The zero-order chi connectivity index (χ0) is 15.6. The summed E-state index contributed by atoms with van der Waals surface area (Å²) in [7, 11) is 0. The molecule has 1 N–H and O–H groups in total. The summed E-state index contributed by atoms with van der Waals surface area (Å²) in [5.74, 6) is -0.409. The highest BCUT2D eigenvalue weighted by Crippen LogP contribution is 2.29. The lowest BCUT2D eigenvalue weighted by Crippen LogP contribution is -2.09. The molecule has 0 aliphatic rings. The Bertz CT molecular complexity index is 689. The Morgan fingerprint density at radius 2 is 1.95 bits per heavy atom. The Kier molecular flexibility index (Phi) is 4.16. The van der Waals surface area contributed by atoms with E-state index in [1.54, 1.807) is 19.2 Å². The van der Waals surface area contributed by atoms with Crippen LogP contribution in [-0.2, 0) is 0 Å². The summed E-state index contributed by atoms with van der Waals surface area (Å²) in [5, 5.41) is 14.2. The van der Waals surface area contributed by atoms with Crippen molar-refractivity contribution in [3.05, 3.63) is 63.2 Å². The number of rotatable bonds is 4. The number of pyridine rings is 1. The first-order valence-corrected chi connectivity index (χ1v) is 6.51. The van der Waals surface area contributed by atoms with Gasteiger partial charge in [0.25, 0.3) is 5.69 Å². The van der Waals surface area contributed by atoms with E-state index in [2.05, 4.69) is 10.3 Å². The summed E-state index contributed by atoms with van der Waals surface area (Å²) < 4.78 is 13.2. The normalized spacial score (nSPS) is 12.0. The fourth-order valence-electron chi connectivity index (χ4n) is 2.17. The number of anilines is 1. The molecule has 5 nitrogen and oxygen atoms in total. The van der Waals surface area contributed by atoms with E-state index < -0.39 is 10.7 Å². The van der Waals surface area contributed by atoms with Gasteiger partial charge in [0.15, 0.2) is 0 Å². The molecule has 110 valence electrons. The van der Waals surface area contributed by atoms with Gasteiger partial charge in [-0.05, 0) is 44.0 Å². The van der Waals surface area contributed by atoms with Crippen LogP contribution in [0.1, 0.15) is 29.7 Å². The molecule has 0 bridgehead atoms. The van der Waals surface area contributed by atoms with Gasteiger partial charge >= 0.3 is 0 Å². The number of nitro groups is 1. The summed E-state index contributed by atoms with van der Waals surface area (Å²) in [6.45, 7) is 5.42. The van der Waals surface area contributed by atoms with Gasteiger partial charge in [0.2, 0.25) is 0 Å². The van der Waals surface area contributed by atoms with E-state index in [4.69, 9.17) is 0 Å². The average Bonchev–Trinajstić information content (AvgIpc) is 2.41. The van der Waals surface area contributed by atoms with Gasteiger partial charge in [-0.15, -0.1) is 0 Å². The number of hydrogen-bond acceptors (Lipinski definition) is 4. The fourth-order valence-corrected chi connectivity index (χ4v) is 2.17. The molecule has 6 heteroatoms. The Balaban J connectivity index is 2.31. The van der Waals surface area contributed by atoms with E-state index >= 15 is 0 Å². The number of nitrogens with one attached hydrogen (secondary N) is 1. The van der Waals surface area contributed by atoms with Crippen molar-refractivity contribution < 1.29 is 9.31 Å². The first-order valence-electron chi connectivity index (χ1n) is 6.51. The predicted octanol–water partition coefficient (Wildman–Crippen LogP) is 3.92. The maximum absolute atomic E-state index is 13.2. The minimum Gasteiger partial charge on any atom is -0.378 e. The molecule has 0 radical (unpaired) electrons. The standard InChI is InChI=1S/C15H16FN3O2/c1-9-4-10(2)15(19(20)21)6-14(9)18-11(3)12-5-13(16)8-17-7-12/h4-8,11,18H,1-3H3. The van der Waals surface area contributed by atoms with Crippen molar-refractivity contribution in [2.45, 2.75) is 26.8 Å². The van der Waals surface area contributed by atoms with Crippen molar-refractivity contribution in [3.63, 3.8) is 0 Å². The van der Waals surface area contributed by atoms with Crippen LogP contribution in [0, 0.1) is 29.8 Å². The third-order valence-electron chi connectivity index (χ3n) is 3.34. The van der Waals surface area contributed by atoms with E-state index in [0.29, 0.717) is 16.8 Å². The molecule has 0 spiro atoms. The summed E-state index contributed by atoms with van der Waals surface area (Å²) in [6.07, 6.45) is 2.71. The van der Waals surface area contributed by atoms with Gasteiger partial charge in [0.05, 0.1) is 17.2 Å². The second-order valence-electron chi connectivity index (χ2n) is 5.01. The summed E-state index contributed by atoms with van der Waals surface area (Å²) in [6, 6.07) is 4.45. The van der Waals surface area contributed by atoms with Crippen molar-refractivity contribution in [2.24, 2.45) is 0 Å².